The van der Waals surface area contributed by atoms with Crippen molar-refractivity contribution in [3.8, 4) is 16.9 Å². The van der Waals surface area contributed by atoms with Gasteiger partial charge in [-0.15, -0.1) is 0 Å². The largest absolute Gasteiger partial charge is 0.483 e. The van der Waals surface area contributed by atoms with Crippen LogP contribution in [-0.2, 0) is 4.74 Å². The Hall–Kier alpha value is -3.68. The molecule has 0 saturated carbocycles. The summed E-state index contributed by atoms with van der Waals surface area (Å²) in [5.74, 6) is -1.14. The van der Waals surface area contributed by atoms with Crippen LogP contribution >= 0.6 is 11.6 Å². The zero-order valence-electron chi connectivity index (χ0n) is 20.7. The molecule has 1 unspecified atom stereocenters. The quantitative estimate of drug-likeness (QED) is 0.346. The van der Waals surface area contributed by atoms with Crippen molar-refractivity contribution in [2.75, 3.05) is 13.2 Å². The van der Waals surface area contributed by atoms with Gasteiger partial charge in [-0.05, 0) is 32.9 Å². The summed E-state index contributed by atoms with van der Waals surface area (Å²) in [5.41, 5.74) is -0.892. The van der Waals surface area contributed by atoms with Gasteiger partial charge < -0.3 is 24.5 Å². The fourth-order valence-corrected chi connectivity index (χ4v) is 3.54. The van der Waals surface area contributed by atoms with E-state index >= 15 is 0 Å². The number of nitrogens with one attached hydrogen (secondary N) is 2. The molecule has 0 aliphatic heterocycles. The number of fused-ring (bicyclic) bond motifs is 1. The summed E-state index contributed by atoms with van der Waals surface area (Å²) in [5, 5.41) is 3.88. The molecule has 39 heavy (non-hydrogen) atoms. The van der Waals surface area contributed by atoms with E-state index in [-0.39, 0.29) is 33.2 Å². The fraction of sp³-hybridized carbons (Fsp3) is 0.375. The lowest BCUT2D eigenvalue weighted by molar-refractivity contribution is -0.154. The maximum absolute atomic E-state index is 13.5. The van der Waals surface area contributed by atoms with E-state index in [0.717, 1.165) is 0 Å². The number of hydrogen-bond donors (Lipinski definition) is 2. The number of pyridine rings is 1. The van der Waals surface area contributed by atoms with E-state index in [2.05, 4.69) is 10.3 Å². The molecule has 8 nitrogen and oxygen atoms in total. The van der Waals surface area contributed by atoms with Crippen LogP contribution < -0.4 is 15.4 Å². The number of carbonyl (C=O) groups is 2. The van der Waals surface area contributed by atoms with Gasteiger partial charge >= 0.3 is 18.4 Å². The molecule has 0 radical (unpaired) electrons. The van der Waals surface area contributed by atoms with Gasteiger partial charge in [-0.3, -0.25) is 4.79 Å². The zero-order valence-corrected chi connectivity index (χ0v) is 21.5. The van der Waals surface area contributed by atoms with Crippen molar-refractivity contribution >= 4 is 29.2 Å². The summed E-state index contributed by atoms with van der Waals surface area (Å²) >= 11 is 6.16. The molecule has 0 saturated heterocycles. The molecule has 15 heteroatoms. The molecule has 1 aromatic carbocycles. The Labute approximate surface area is 223 Å². The Balaban J connectivity index is 1.86. The van der Waals surface area contributed by atoms with Crippen molar-refractivity contribution in [1.29, 1.82) is 0 Å². The second-order valence-electron chi connectivity index (χ2n) is 9.28. The third kappa shape index (κ3) is 8.40. The molecule has 0 bridgehead atoms. The van der Waals surface area contributed by atoms with E-state index in [4.69, 9.17) is 21.1 Å². The first-order chi connectivity index (χ1) is 17.9. The number of imidazole rings is 1. The van der Waals surface area contributed by atoms with Crippen molar-refractivity contribution in [1.82, 2.24) is 20.0 Å². The molecule has 0 aliphatic rings. The molecular formula is C24H23ClF6N4O4. The van der Waals surface area contributed by atoms with Gasteiger partial charge in [0.25, 0.3) is 5.91 Å². The lowest BCUT2D eigenvalue weighted by Gasteiger charge is -2.25. The Bertz CT molecular complexity index is 1350. The van der Waals surface area contributed by atoms with Gasteiger partial charge in [-0.1, -0.05) is 29.8 Å². The van der Waals surface area contributed by atoms with Gasteiger partial charge in [0.05, 0.1) is 5.02 Å². The maximum Gasteiger partial charge on any atom is 0.422 e. The average Bonchev–Trinajstić information content (AvgIpc) is 3.21. The number of carbonyl (C=O) groups excluding carboxylic acids is 2. The van der Waals surface area contributed by atoms with Crippen molar-refractivity contribution in [2.45, 2.75) is 44.8 Å². The number of amides is 2. The second-order valence-corrected chi connectivity index (χ2v) is 9.72. The molecule has 2 amide bonds. The lowest BCUT2D eigenvalue weighted by atomic mass is 10.1. The molecule has 0 spiro atoms. The number of rotatable bonds is 7. The van der Waals surface area contributed by atoms with E-state index in [9.17, 15) is 35.9 Å². The number of para-hydroxylation sites is 1. The number of halogens is 7. The number of hydrogen-bond acceptors (Lipinski definition) is 5. The van der Waals surface area contributed by atoms with Crippen LogP contribution in [0.4, 0.5) is 31.1 Å². The highest BCUT2D eigenvalue weighted by molar-refractivity contribution is 6.31. The Kier molecular flexibility index (Phi) is 8.58. The van der Waals surface area contributed by atoms with Gasteiger partial charge in [0.1, 0.15) is 28.7 Å². The van der Waals surface area contributed by atoms with Crippen LogP contribution in [0.2, 0.25) is 5.02 Å². The zero-order chi connectivity index (χ0) is 29.2. The predicted molar refractivity (Wildman–Crippen MR) is 129 cm³/mol. The fourth-order valence-electron chi connectivity index (χ4n) is 3.33. The van der Waals surface area contributed by atoms with Crippen LogP contribution in [0.15, 0.2) is 42.7 Å². The van der Waals surface area contributed by atoms with Crippen molar-refractivity contribution < 1.29 is 45.4 Å². The van der Waals surface area contributed by atoms with Crippen LogP contribution in [-0.4, -0.2) is 58.5 Å². The standard InChI is InChI=1S/C24H23ClF6N4O4/c1-22(2,3)39-21(37)34-18(24(29,30)31)9-32-20(36)16-11-35-10-13(25)8-15(19(35)33-16)14-6-4-5-7-17(14)38-12-23(26,27)28/h4-8,10-11,18H,9,12H2,1-3H3,(H,32,36)(H,34,37). The van der Waals surface area contributed by atoms with Gasteiger partial charge in [-0.2, -0.15) is 26.3 Å². The van der Waals surface area contributed by atoms with Crippen LogP contribution in [0.1, 0.15) is 31.3 Å². The predicted octanol–water partition coefficient (Wildman–Crippen LogP) is 5.78. The van der Waals surface area contributed by atoms with E-state index in [1.807, 2.05) is 0 Å². The van der Waals surface area contributed by atoms with Crippen LogP contribution in [0.3, 0.4) is 0 Å². The van der Waals surface area contributed by atoms with Gasteiger partial charge in [0, 0.05) is 30.1 Å². The average molecular weight is 581 g/mol. The number of benzene rings is 1. The minimum atomic E-state index is -4.91. The number of aromatic nitrogens is 2. The number of ether oxygens (including phenoxy) is 2. The normalized spacial score (nSPS) is 13.2. The maximum atomic E-state index is 13.5. The minimum absolute atomic E-state index is 0.0758. The SMILES string of the molecule is CC(C)(C)OC(=O)NC(CNC(=O)c1cn2cc(Cl)cc(-c3ccccc3OCC(F)(F)F)c2n1)C(F)(F)F. The minimum Gasteiger partial charge on any atom is -0.483 e. The Morgan fingerprint density at radius 1 is 1.05 bits per heavy atom. The van der Waals surface area contributed by atoms with Gasteiger partial charge in [-0.25, -0.2) is 9.78 Å². The molecule has 2 N–H and O–H groups in total. The summed E-state index contributed by atoms with van der Waals surface area (Å²) < 4.78 is 89.6. The third-order valence-electron chi connectivity index (χ3n) is 4.87. The summed E-state index contributed by atoms with van der Waals surface area (Å²) in [4.78, 5) is 28.7. The van der Waals surface area contributed by atoms with Crippen molar-refractivity contribution in [2.24, 2.45) is 0 Å². The molecule has 0 fully saturated rings. The lowest BCUT2D eigenvalue weighted by Crippen LogP contribution is -2.53. The molecule has 212 valence electrons. The van der Waals surface area contributed by atoms with E-state index in [1.165, 1.54) is 61.8 Å². The monoisotopic (exact) mass is 580 g/mol. The molecule has 2 heterocycles. The van der Waals surface area contributed by atoms with E-state index < -0.39 is 49.1 Å². The Morgan fingerprint density at radius 3 is 2.33 bits per heavy atom. The summed E-state index contributed by atoms with van der Waals surface area (Å²) in [6.07, 6.45) is -8.29. The first-order valence-electron chi connectivity index (χ1n) is 11.2. The van der Waals surface area contributed by atoms with Crippen molar-refractivity contribution in [3.05, 3.63) is 53.4 Å². The molecule has 0 aliphatic carbocycles. The van der Waals surface area contributed by atoms with Crippen LogP contribution in [0.5, 0.6) is 5.75 Å². The number of nitrogens with zero attached hydrogens (tertiary/aromatic N) is 2. The van der Waals surface area contributed by atoms with E-state index in [0.29, 0.717) is 0 Å². The topological polar surface area (TPSA) is 94.0 Å². The van der Waals surface area contributed by atoms with Crippen LogP contribution in [0, 0.1) is 0 Å². The third-order valence-corrected chi connectivity index (χ3v) is 5.08. The summed E-state index contributed by atoms with van der Waals surface area (Å²) in [6.45, 7) is 1.84. The number of alkyl halides is 6. The van der Waals surface area contributed by atoms with Crippen LogP contribution in [0.25, 0.3) is 16.8 Å². The summed E-state index contributed by atoms with van der Waals surface area (Å²) in [7, 11) is 0. The molecular weight excluding hydrogens is 558 g/mol. The molecule has 3 rings (SSSR count). The van der Waals surface area contributed by atoms with Gasteiger partial charge in [0.15, 0.2) is 6.61 Å². The van der Waals surface area contributed by atoms with Crippen molar-refractivity contribution in [3.63, 3.8) is 0 Å². The first-order valence-corrected chi connectivity index (χ1v) is 11.6. The number of alkyl carbamates (subject to hydrolysis) is 1. The summed E-state index contributed by atoms with van der Waals surface area (Å²) in [6, 6.07) is 4.70. The first kappa shape index (κ1) is 29.9. The second kappa shape index (κ2) is 11.2. The Morgan fingerprint density at radius 2 is 1.72 bits per heavy atom. The molecule has 1 atom stereocenters. The molecule has 3 aromatic rings. The van der Waals surface area contributed by atoms with Gasteiger partial charge in [0.2, 0.25) is 0 Å². The highest BCUT2D eigenvalue weighted by Gasteiger charge is 2.41. The van der Waals surface area contributed by atoms with E-state index in [1.54, 1.807) is 11.4 Å². The highest BCUT2D eigenvalue weighted by atomic mass is 35.5. The molecule has 2 aromatic heterocycles. The highest BCUT2D eigenvalue weighted by Crippen LogP contribution is 2.35. The smallest absolute Gasteiger partial charge is 0.422 e.